The molecule has 4 rings (SSSR count). The third kappa shape index (κ3) is 4.20. The summed E-state index contributed by atoms with van der Waals surface area (Å²) in [5.74, 6) is -1.41. The molecule has 2 atom stereocenters. The maximum atomic E-state index is 13.6. The highest BCUT2D eigenvalue weighted by molar-refractivity contribution is 6.04. The number of methoxy groups -OCH3 is 1. The summed E-state index contributed by atoms with van der Waals surface area (Å²) in [7, 11) is 1.58. The summed E-state index contributed by atoms with van der Waals surface area (Å²) in [5.41, 5.74) is 2.54. The van der Waals surface area contributed by atoms with Crippen LogP contribution in [0, 0.1) is 5.82 Å². The van der Waals surface area contributed by atoms with Gasteiger partial charge in [-0.1, -0.05) is 48.5 Å². The number of halogens is 1. The van der Waals surface area contributed by atoms with Gasteiger partial charge < -0.3 is 15.0 Å². The van der Waals surface area contributed by atoms with Crippen LogP contribution in [0.1, 0.15) is 33.4 Å². The van der Waals surface area contributed by atoms with Gasteiger partial charge in [0, 0.05) is 24.9 Å². The zero-order valence-corrected chi connectivity index (χ0v) is 17.1. The molecule has 1 aliphatic heterocycles. The minimum absolute atomic E-state index is 0.132. The number of rotatable bonds is 6. The summed E-state index contributed by atoms with van der Waals surface area (Å²) >= 11 is 0. The fraction of sp³-hybridized carbons (Fsp3) is 0.200. The molecule has 158 valence electrons. The molecule has 0 aromatic heterocycles. The summed E-state index contributed by atoms with van der Waals surface area (Å²) < 4.78 is 18.5. The standard InChI is InChI=1S/C25H23FN2O3/c1-31-16-15-28-23(17-7-3-2-4-8-17)22(20-9-5-6-10-21(20)25(28)30)24(29)27-19-13-11-18(26)12-14-19/h2-14,22-23H,15-16H2,1H3,(H,27,29)/t22-,23+/m1/s1. The summed E-state index contributed by atoms with van der Waals surface area (Å²) in [5, 5.41) is 2.90. The fourth-order valence-electron chi connectivity index (χ4n) is 4.08. The van der Waals surface area contributed by atoms with Gasteiger partial charge >= 0.3 is 0 Å². The number of amides is 2. The molecule has 0 spiro atoms. The summed E-state index contributed by atoms with van der Waals surface area (Å²) in [6.45, 7) is 0.701. The van der Waals surface area contributed by atoms with Gasteiger partial charge in [-0.15, -0.1) is 0 Å². The molecule has 5 nitrogen and oxygen atoms in total. The molecule has 6 heteroatoms. The lowest BCUT2D eigenvalue weighted by Crippen LogP contribution is -2.47. The molecule has 3 aromatic carbocycles. The predicted octanol–water partition coefficient (Wildman–Crippen LogP) is 4.39. The lowest BCUT2D eigenvalue weighted by Gasteiger charge is -2.41. The molecule has 2 amide bonds. The highest BCUT2D eigenvalue weighted by Crippen LogP contribution is 2.43. The van der Waals surface area contributed by atoms with Gasteiger partial charge in [-0.25, -0.2) is 4.39 Å². The molecular formula is C25H23FN2O3. The summed E-state index contributed by atoms with van der Waals surface area (Å²) in [6, 6.07) is 21.9. The number of hydrogen-bond donors (Lipinski definition) is 1. The minimum Gasteiger partial charge on any atom is -0.383 e. The van der Waals surface area contributed by atoms with Crippen molar-refractivity contribution in [2.24, 2.45) is 0 Å². The van der Waals surface area contributed by atoms with Crippen LogP contribution in [0.15, 0.2) is 78.9 Å². The molecule has 0 fully saturated rings. The van der Waals surface area contributed by atoms with Crippen LogP contribution in [0.25, 0.3) is 0 Å². The average Bonchev–Trinajstić information content (AvgIpc) is 2.80. The van der Waals surface area contributed by atoms with Gasteiger partial charge in [0.25, 0.3) is 5.91 Å². The van der Waals surface area contributed by atoms with Crippen LogP contribution in [0.5, 0.6) is 0 Å². The first-order valence-corrected chi connectivity index (χ1v) is 10.1. The minimum atomic E-state index is -0.641. The van der Waals surface area contributed by atoms with Crippen molar-refractivity contribution in [1.29, 1.82) is 0 Å². The van der Waals surface area contributed by atoms with Crippen molar-refractivity contribution in [3.63, 3.8) is 0 Å². The molecule has 3 aromatic rings. The van der Waals surface area contributed by atoms with Gasteiger partial charge in [0.05, 0.1) is 18.6 Å². The average molecular weight is 418 g/mol. The highest BCUT2D eigenvalue weighted by Gasteiger charge is 2.43. The Hall–Kier alpha value is -3.51. The van der Waals surface area contributed by atoms with E-state index in [0.717, 1.165) is 5.56 Å². The predicted molar refractivity (Wildman–Crippen MR) is 116 cm³/mol. The van der Waals surface area contributed by atoms with Crippen LogP contribution < -0.4 is 5.32 Å². The summed E-state index contributed by atoms with van der Waals surface area (Å²) in [4.78, 5) is 28.6. The van der Waals surface area contributed by atoms with Crippen LogP contribution in [-0.2, 0) is 9.53 Å². The van der Waals surface area contributed by atoms with Gasteiger partial charge in [-0.05, 0) is 41.5 Å². The van der Waals surface area contributed by atoms with Crippen molar-refractivity contribution in [1.82, 2.24) is 4.90 Å². The molecule has 1 N–H and O–H groups in total. The molecule has 0 radical (unpaired) electrons. The number of fused-ring (bicyclic) bond motifs is 1. The van der Waals surface area contributed by atoms with Crippen molar-refractivity contribution in [3.8, 4) is 0 Å². The summed E-state index contributed by atoms with van der Waals surface area (Å²) in [6.07, 6.45) is 0. The van der Waals surface area contributed by atoms with Crippen molar-refractivity contribution >= 4 is 17.5 Å². The van der Waals surface area contributed by atoms with Crippen LogP contribution in [0.3, 0.4) is 0 Å². The van der Waals surface area contributed by atoms with Crippen LogP contribution in [0.4, 0.5) is 10.1 Å². The van der Waals surface area contributed by atoms with E-state index in [-0.39, 0.29) is 17.6 Å². The maximum Gasteiger partial charge on any atom is 0.254 e. The van der Waals surface area contributed by atoms with E-state index in [1.54, 1.807) is 24.1 Å². The first-order valence-electron chi connectivity index (χ1n) is 10.1. The molecule has 0 aliphatic carbocycles. The SMILES string of the molecule is COCCN1C(=O)c2ccccc2[C@@H](C(=O)Nc2ccc(F)cc2)[C@@H]1c1ccccc1. The fourth-order valence-corrected chi connectivity index (χ4v) is 4.08. The number of carbonyl (C=O) groups excluding carboxylic acids is 2. The van der Waals surface area contributed by atoms with E-state index in [0.29, 0.717) is 30.0 Å². The van der Waals surface area contributed by atoms with Gasteiger partial charge in [-0.2, -0.15) is 0 Å². The van der Waals surface area contributed by atoms with E-state index >= 15 is 0 Å². The van der Waals surface area contributed by atoms with Gasteiger partial charge in [0.2, 0.25) is 5.91 Å². The molecule has 0 unspecified atom stereocenters. The van der Waals surface area contributed by atoms with E-state index in [4.69, 9.17) is 4.74 Å². The number of benzene rings is 3. The van der Waals surface area contributed by atoms with Crippen LogP contribution in [-0.4, -0.2) is 37.0 Å². The largest absolute Gasteiger partial charge is 0.383 e. The number of nitrogens with zero attached hydrogens (tertiary/aromatic N) is 1. The highest BCUT2D eigenvalue weighted by atomic mass is 19.1. The third-order valence-electron chi connectivity index (χ3n) is 5.51. The molecule has 0 bridgehead atoms. The second-order valence-electron chi connectivity index (χ2n) is 7.41. The lowest BCUT2D eigenvalue weighted by molar-refractivity contribution is -0.119. The number of ether oxygens (including phenoxy) is 1. The quantitative estimate of drug-likeness (QED) is 0.646. The zero-order valence-electron chi connectivity index (χ0n) is 17.1. The van der Waals surface area contributed by atoms with Crippen molar-refractivity contribution in [2.45, 2.75) is 12.0 Å². The van der Waals surface area contributed by atoms with E-state index < -0.39 is 12.0 Å². The Bertz CT molecular complexity index is 1070. The molecule has 31 heavy (non-hydrogen) atoms. The Balaban J connectivity index is 1.80. The Kier molecular flexibility index (Phi) is 6.09. The van der Waals surface area contributed by atoms with Crippen molar-refractivity contribution in [2.75, 3.05) is 25.6 Å². The van der Waals surface area contributed by atoms with Crippen LogP contribution in [0.2, 0.25) is 0 Å². The normalized spacial score (nSPS) is 17.9. The number of nitrogens with one attached hydrogen (secondary N) is 1. The molecule has 1 heterocycles. The van der Waals surface area contributed by atoms with Crippen molar-refractivity contribution < 1.29 is 18.7 Å². The molecular weight excluding hydrogens is 395 g/mol. The van der Waals surface area contributed by atoms with E-state index in [2.05, 4.69) is 5.32 Å². The van der Waals surface area contributed by atoms with E-state index in [1.807, 2.05) is 42.5 Å². The first-order chi connectivity index (χ1) is 15.1. The Morgan fingerprint density at radius 3 is 2.39 bits per heavy atom. The van der Waals surface area contributed by atoms with E-state index in [1.165, 1.54) is 24.3 Å². The Morgan fingerprint density at radius 1 is 1.00 bits per heavy atom. The molecule has 1 aliphatic rings. The Morgan fingerprint density at radius 2 is 1.68 bits per heavy atom. The monoisotopic (exact) mass is 418 g/mol. The maximum absolute atomic E-state index is 13.6. The van der Waals surface area contributed by atoms with Gasteiger partial charge in [0.1, 0.15) is 5.82 Å². The first kappa shape index (κ1) is 20.8. The smallest absolute Gasteiger partial charge is 0.254 e. The molecule has 0 saturated heterocycles. The van der Waals surface area contributed by atoms with Gasteiger partial charge in [-0.3, -0.25) is 9.59 Å². The lowest BCUT2D eigenvalue weighted by atomic mass is 9.79. The zero-order chi connectivity index (χ0) is 21.8. The van der Waals surface area contributed by atoms with Gasteiger partial charge in [0.15, 0.2) is 0 Å². The molecule has 0 saturated carbocycles. The second kappa shape index (κ2) is 9.10. The van der Waals surface area contributed by atoms with E-state index in [9.17, 15) is 14.0 Å². The topological polar surface area (TPSA) is 58.6 Å². The number of carbonyl (C=O) groups is 2. The number of hydrogen-bond acceptors (Lipinski definition) is 3. The van der Waals surface area contributed by atoms with Crippen molar-refractivity contribution in [3.05, 3.63) is 101 Å². The third-order valence-corrected chi connectivity index (χ3v) is 5.51. The second-order valence-corrected chi connectivity index (χ2v) is 7.41. The van der Waals surface area contributed by atoms with Crippen LogP contribution >= 0.6 is 0 Å². The number of anilines is 1. The Labute approximate surface area is 180 Å².